The standard InChI is InChI=1S/C12H20N4O2/c1-4-8-9(13)10(15-14-8)11(17)16-5-12(18,6-16)7(2)3/h7,18H,4-6,13H2,1-3H3,(H,14,15). The number of hydrogen-bond acceptors (Lipinski definition) is 4. The highest BCUT2D eigenvalue weighted by Crippen LogP contribution is 2.30. The summed E-state index contributed by atoms with van der Waals surface area (Å²) in [6.45, 7) is 6.52. The molecular formula is C12H20N4O2. The van der Waals surface area contributed by atoms with E-state index < -0.39 is 5.60 Å². The summed E-state index contributed by atoms with van der Waals surface area (Å²) in [5, 5.41) is 16.8. The van der Waals surface area contributed by atoms with E-state index in [0.29, 0.717) is 25.2 Å². The third-order valence-corrected chi connectivity index (χ3v) is 3.73. The molecule has 6 heteroatoms. The molecule has 0 bridgehead atoms. The Morgan fingerprint density at radius 2 is 2.22 bits per heavy atom. The fourth-order valence-corrected chi connectivity index (χ4v) is 2.09. The lowest BCUT2D eigenvalue weighted by Crippen LogP contribution is -2.66. The first-order valence-electron chi connectivity index (χ1n) is 6.23. The smallest absolute Gasteiger partial charge is 0.276 e. The Balaban J connectivity index is 2.08. The van der Waals surface area contributed by atoms with Crippen LogP contribution in [0, 0.1) is 5.92 Å². The van der Waals surface area contributed by atoms with Gasteiger partial charge >= 0.3 is 0 Å². The molecule has 0 radical (unpaired) electrons. The number of nitrogens with one attached hydrogen (secondary N) is 1. The first-order chi connectivity index (χ1) is 8.39. The summed E-state index contributed by atoms with van der Waals surface area (Å²) in [7, 11) is 0. The molecule has 1 aliphatic heterocycles. The predicted octanol–water partition coefficient (Wildman–Crippen LogP) is 0.397. The Morgan fingerprint density at radius 3 is 2.67 bits per heavy atom. The van der Waals surface area contributed by atoms with Gasteiger partial charge < -0.3 is 15.7 Å². The Morgan fingerprint density at radius 1 is 1.61 bits per heavy atom. The quantitative estimate of drug-likeness (QED) is 0.725. The molecule has 6 nitrogen and oxygen atoms in total. The topological polar surface area (TPSA) is 95.2 Å². The molecule has 4 N–H and O–H groups in total. The molecule has 2 rings (SSSR count). The molecule has 2 heterocycles. The first-order valence-corrected chi connectivity index (χ1v) is 6.23. The van der Waals surface area contributed by atoms with Crippen LogP contribution in [0.2, 0.25) is 0 Å². The number of rotatable bonds is 3. The maximum atomic E-state index is 12.1. The number of likely N-dealkylation sites (tertiary alicyclic amines) is 1. The fraction of sp³-hybridized carbons (Fsp3) is 0.667. The van der Waals surface area contributed by atoms with Crippen LogP contribution in [0.1, 0.15) is 37.0 Å². The van der Waals surface area contributed by atoms with Crippen molar-refractivity contribution < 1.29 is 9.90 Å². The zero-order valence-corrected chi connectivity index (χ0v) is 11.0. The fourth-order valence-electron chi connectivity index (χ4n) is 2.09. The van der Waals surface area contributed by atoms with Crippen LogP contribution in [0.4, 0.5) is 5.69 Å². The molecule has 0 saturated carbocycles. The molecular weight excluding hydrogens is 232 g/mol. The number of β-amino-alcohol motifs (C(OH)–C–C–N with tert-alkyl or cyclic N) is 1. The van der Waals surface area contributed by atoms with Crippen LogP contribution in [0.25, 0.3) is 0 Å². The Bertz CT molecular complexity index is 461. The molecule has 18 heavy (non-hydrogen) atoms. The Labute approximate surface area is 106 Å². The van der Waals surface area contributed by atoms with Gasteiger partial charge in [0.2, 0.25) is 0 Å². The molecule has 1 aromatic heterocycles. The van der Waals surface area contributed by atoms with Crippen molar-refractivity contribution in [3.05, 3.63) is 11.4 Å². The van der Waals surface area contributed by atoms with E-state index in [1.165, 1.54) is 0 Å². The number of aromatic nitrogens is 2. The average Bonchev–Trinajstić information content (AvgIpc) is 2.65. The van der Waals surface area contributed by atoms with Crippen molar-refractivity contribution in [2.45, 2.75) is 32.8 Å². The van der Waals surface area contributed by atoms with Crippen molar-refractivity contribution in [3.63, 3.8) is 0 Å². The highest BCUT2D eigenvalue weighted by Gasteiger charge is 2.46. The molecule has 100 valence electrons. The van der Waals surface area contributed by atoms with Gasteiger partial charge in [0.25, 0.3) is 5.91 Å². The molecule has 0 spiro atoms. The number of H-pyrrole nitrogens is 1. The second-order valence-electron chi connectivity index (χ2n) is 5.24. The number of hydrogen-bond donors (Lipinski definition) is 3. The van der Waals surface area contributed by atoms with Gasteiger partial charge in [-0.25, -0.2) is 0 Å². The highest BCUT2D eigenvalue weighted by molar-refractivity contribution is 5.98. The normalized spacial score (nSPS) is 17.9. The van der Waals surface area contributed by atoms with Crippen LogP contribution in [0.3, 0.4) is 0 Å². The molecule has 0 unspecified atom stereocenters. The number of amides is 1. The zero-order valence-electron chi connectivity index (χ0n) is 11.0. The van der Waals surface area contributed by atoms with Crippen molar-refractivity contribution in [2.24, 2.45) is 5.92 Å². The summed E-state index contributed by atoms with van der Waals surface area (Å²) in [5.74, 6) is -0.0851. The summed E-state index contributed by atoms with van der Waals surface area (Å²) in [6.07, 6.45) is 0.710. The molecule has 0 aliphatic carbocycles. The van der Waals surface area contributed by atoms with E-state index in [-0.39, 0.29) is 17.5 Å². The van der Waals surface area contributed by atoms with Crippen LogP contribution in [0.5, 0.6) is 0 Å². The Hall–Kier alpha value is -1.56. The summed E-state index contributed by atoms with van der Waals surface area (Å²) in [6, 6.07) is 0. The summed E-state index contributed by atoms with van der Waals surface area (Å²) in [5.41, 5.74) is 6.54. The molecule has 1 fully saturated rings. The number of carbonyl (C=O) groups is 1. The minimum absolute atomic E-state index is 0.129. The van der Waals surface area contributed by atoms with Crippen LogP contribution < -0.4 is 5.73 Å². The van der Waals surface area contributed by atoms with Gasteiger partial charge in [-0.3, -0.25) is 9.89 Å². The van der Waals surface area contributed by atoms with E-state index in [1.54, 1.807) is 4.90 Å². The van der Waals surface area contributed by atoms with Gasteiger partial charge in [-0.1, -0.05) is 20.8 Å². The van der Waals surface area contributed by atoms with E-state index in [2.05, 4.69) is 10.2 Å². The lowest BCUT2D eigenvalue weighted by molar-refractivity contribution is -0.111. The minimum Gasteiger partial charge on any atom is -0.395 e. The van der Waals surface area contributed by atoms with Crippen molar-refractivity contribution in [2.75, 3.05) is 18.8 Å². The second kappa shape index (κ2) is 4.28. The molecule has 0 atom stereocenters. The van der Waals surface area contributed by atoms with E-state index in [4.69, 9.17) is 5.73 Å². The van der Waals surface area contributed by atoms with Crippen LogP contribution in [0.15, 0.2) is 0 Å². The third kappa shape index (κ3) is 1.86. The summed E-state index contributed by atoms with van der Waals surface area (Å²) >= 11 is 0. The number of carbonyl (C=O) groups excluding carboxylic acids is 1. The number of nitrogen functional groups attached to an aromatic ring is 1. The van der Waals surface area contributed by atoms with Gasteiger partial charge in [-0.2, -0.15) is 5.10 Å². The number of aliphatic hydroxyl groups is 1. The molecule has 1 amide bonds. The van der Waals surface area contributed by atoms with E-state index in [0.717, 1.165) is 5.69 Å². The van der Waals surface area contributed by atoms with Gasteiger partial charge in [-0.05, 0) is 12.3 Å². The molecule has 1 aliphatic rings. The maximum absolute atomic E-state index is 12.1. The number of anilines is 1. The number of aryl methyl sites for hydroxylation is 1. The van der Waals surface area contributed by atoms with Gasteiger partial charge in [-0.15, -0.1) is 0 Å². The number of nitrogens with zero attached hydrogens (tertiary/aromatic N) is 2. The predicted molar refractivity (Wildman–Crippen MR) is 68.1 cm³/mol. The number of nitrogens with two attached hydrogens (primary N) is 1. The first kappa shape index (κ1) is 12.9. The molecule has 1 saturated heterocycles. The van der Waals surface area contributed by atoms with Crippen LogP contribution in [-0.2, 0) is 6.42 Å². The highest BCUT2D eigenvalue weighted by atomic mass is 16.3. The van der Waals surface area contributed by atoms with E-state index in [1.807, 2.05) is 20.8 Å². The SMILES string of the molecule is CCc1[nH]nc(C(=O)N2CC(O)(C(C)C)C2)c1N. The minimum atomic E-state index is -0.770. The second-order valence-corrected chi connectivity index (χ2v) is 5.24. The Kier molecular flexibility index (Phi) is 3.06. The van der Waals surface area contributed by atoms with E-state index >= 15 is 0 Å². The largest absolute Gasteiger partial charge is 0.395 e. The lowest BCUT2D eigenvalue weighted by Gasteiger charge is -2.48. The summed E-state index contributed by atoms with van der Waals surface area (Å²) < 4.78 is 0. The zero-order chi connectivity index (χ0) is 13.5. The van der Waals surface area contributed by atoms with Crippen LogP contribution >= 0.6 is 0 Å². The average molecular weight is 252 g/mol. The molecule has 1 aromatic rings. The van der Waals surface area contributed by atoms with Crippen molar-refractivity contribution in [1.82, 2.24) is 15.1 Å². The summed E-state index contributed by atoms with van der Waals surface area (Å²) in [4.78, 5) is 13.7. The third-order valence-electron chi connectivity index (χ3n) is 3.73. The van der Waals surface area contributed by atoms with Gasteiger partial charge in [0.15, 0.2) is 5.69 Å². The van der Waals surface area contributed by atoms with Crippen molar-refractivity contribution in [1.29, 1.82) is 0 Å². The van der Waals surface area contributed by atoms with E-state index in [9.17, 15) is 9.90 Å². The van der Waals surface area contributed by atoms with Gasteiger partial charge in [0.1, 0.15) is 5.60 Å². The monoisotopic (exact) mass is 252 g/mol. The molecule has 0 aromatic carbocycles. The van der Waals surface area contributed by atoms with Crippen molar-refractivity contribution >= 4 is 11.6 Å². The van der Waals surface area contributed by atoms with Crippen LogP contribution in [-0.4, -0.2) is 44.8 Å². The number of aromatic amines is 1. The lowest BCUT2D eigenvalue weighted by atomic mass is 9.83. The van der Waals surface area contributed by atoms with Gasteiger partial charge in [0, 0.05) is 0 Å². The van der Waals surface area contributed by atoms with Crippen molar-refractivity contribution in [3.8, 4) is 0 Å². The maximum Gasteiger partial charge on any atom is 0.276 e. The van der Waals surface area contributed by atoms with Gasteiger partial charge in [0.05, 0.1) is 24.5 Å².